The molecule has 0 saturated carbocycles. The Balaban J connectivity index is 1.95. The Morgan fingerprint density at radius 1 is 1.21 bits per heavy atom. The molecule has 0 radical (unpaired) electrons. The van der Waals surface area contributed by atoms with E-state index >= 15 is 0 Å². The topological polar surface area (TPSA) is 66.0 Å². The predicted octanol–water partition coefficient (Wildman–Crippen LogP) is 2.19. The predicted molar refractivity (Wildman–Crippen MR) is 76.3 cm³/mol. The number of nitrogens with one attached hydrogen (secondary N) is 1. The highest BCUT2D eigenvalue weighted by Crippen LogP contribution is 2.27. The average molecular weight is 252 g/mol. The number of hydrogen-bond acceptors (Lipinski definition) is 3. The summed E-state index contributed by atoms with van der Waals surface area (Å²) in [5.74, 6) is 0.977. The number of amidine groups is 1. The van der Waals surface area contributed by atoms with Crippen molar-refractivity contribution in [2.45, 2.75) is 20.0 Å². The number of nitrogens with two attached hydrogens (primary N) is 1. The van der Waals surface area contributed by atoms with E-state index in [1.54, 1.807) is 0 Å². The number of aryl methyl sites for hydroxylation is 1. The minimum absolute atomic E-state index is 0.0865. The standard InChI is InChI=1S/C15H16N4/c1-10-6-13(15(16)17)7-14(18-10)19-8-11-4-2-3-5-12(11)9-19/h2-7H,8-9H2,1H3,(H3,16,17). The van der Waals surface area contributed by atoms with E-state index in [1.165, 1.54) is 11.1 Å². The molecule has 4 nitrogen and oxygen atoms in total. The number of anilines is 1. The van der Waals surface area contributed by atoms with Crippen LogP contribution in [0.2, 0.25) is 0 Å². The van der Waals surface area contributed by atoms with E-state index in [1.807, 2.05) is 19.1 Å². The Hall–Kier alpha value is -2.36. The van der Waals surface area contributed by atoms with Gasteiger partial charge in [-0.1, -0.05) is 24.3 Å². The van der Waals surface area contributed by atoms with Gasteiger partial charge in [-0.3, -0.25) is 5.41 Å². The van der Waals surface area contributed by atoms with Crippen LogP contribution in [0.1, 0.15) is 22.4 Å². The zero-order valence-electron chi connectivity index (χ0n) is 10.9. The van der Waals surface area contributed by atoms with Crippen LogP contribution in [0.4, 0.5) is 5.82 Å². The van der Waals surface area contributed by atoms with Crippen LogP contribution in [-0.2, 0) is 13.1 Å². The third-order valence-electron chi connectivity index (χ3n) is 3.42. The van der Waals surface area contributed by atoms with Crippen molar-refractivity contribution in [1.29, 1.82) is 5.41 Å². The molecule has 0 unspecified atom stereocenters. The van der Waals surface area contributed by atoms with Crippen LogP contribution in [0.25, 0.3) is 0 Å². The first-order valence-corrected chi connectivity index (χ1v) is 6.28. The van der Waals surface area contributed by atoms with Gasteiger partial charge in [0.15, 0.2) is 0 Å². The smallest absolute Gasteiger partial charge is 0.130 e. The van der Waals surface area contributed by atoms with Crippen molar-refractivity contribution in [2.24, 2.45) is 5.73 Å². The zero-order valence-corrected chi connectivity index (χ0v) is 10.9. The van der Waals surface area contributed by atoms with E-state index in [2.05, 4.69) is 34.1 Å². The molecule has 0 saturated heterocycles. The fourth-order valence-electron chi connectivity index (χ4n) is 2.46. The number of fused-ring (bicyclic) bond motifs is 1. The second-order valence-electron chi connectivity index (χ2n) is 4.89. The van der Waals surface area contributed by atoms with E-state index in [-0.39, 0.29) is 5.84 Å². The molecule has 0 fully saturated rings. The number of pyridine rings is 1. The lowest BCUT2D eigenvalue weighted by atomic mass is 10.1. The Bertz CT molecular complexity index is 623. The molecular formula is C15H16N4. The summed E-state index contributed by atoms with van der Waals surface area (Å²) in [6.07, 6.45) is 0. The molecule has 0 bridgehead atoms. The number of hydrogen-bond donors (Lipinski definition) is 2. The van der Waals surface area contributed by atoms with Crippen molar-refractivity contribution < 1.29 is 0 Å². The maximum Gasteiger partial charge on any atom is 0.130 e. The molecule has 19 heavy (non-hydrogen) atoms. The minimum Gasteiger partial charge on any atom is -0.384 e. The van der Waals surface area contributed by atoms with Crippen molar-refractivity contribution in [1.82, 2.24) is 4.98 Å². The Kier molecular flexibility index (Phi) is 2.71. The number of nitrogen functional groups attached to an aromatic ring is 1. The number of benzene rings is 1. The van der Waals surface area contributed by atoms with Crippen molar-refractivity contribution in [3.05, 3.63) is 58.8 Å². The molecule has 0 spiro atoms. The van der Waals surface area contributed by atoms with Gasteiger partial charge in [0.1, 0.15) is 11.7 Å². The van der Waals surface area contributed by atoms with E-state index in [4.69, 9.17) is 11.1 Å². The summed E-state index contributed by atoms with van der Waals surface area (Å²) >= 11 is 0. The monoisotopic (exact) mass is 252 g/mol. The van der Waals surface area contributed by atoms with Crippen molar-refractivity contribution in [3.63, 3.8) is 0 Å². The van der Waals surface area contributed by atoms with Crippen LogP contribution in [0.15, 0.2) is 36.4 Å². The van der Waals surface area contributed by atoms with E-state index in [0.29, 0.717) is 0 Å². The van der Waals surface area contributed by atoms with Gasteiger partial charge >= 0.3 is 0 Å². The second kappa shape index (κ2) is 4.39. The van der Waals surface area contributed by atoms with Gasteiger partial charge in [-0.25, -0.2) is 4.98 Å². The molecule has 0 atom stereocenters. The quantitative estimate of drug-likeness (QED) is 0.636. The number of aromatic nitrogens is 1. The summed E-state index contributed by atoms with van der Waals surface area (Å²) in [7, 11) is 0. The highest BCUT2D eigenvalue weighted by atomic mass is 15.2. The molecule has 0 aliphatic carbocycles. The van der Waals surface area contributed by atoms with E-state index in [0.717, 1.165) is 30.2 Å². The SMILES string of the molecule is Cc1cc(C(=N)N)cc(N2Cc3ccccc3C2)n1. The highest BCUT2D eigenvalue weighted by molar-refractivity contribution is 5.95. The third-order valence-corrected chi connectivity index (χ3v) is 3.42. The van der Waals surface area contributed by atoms with Gasteiger partial charge in [-0.05, 0) is 30.2 Å². The summed E-state index contributed by atoms with van der Waals surface area (Å²) in [6.45, 7) is 3.66. The van der Waals surface area contributed by atoms with Crippen LogP contribution >= 0.6 is 0 Å². The lowest BCUT2D eigenvalue weighted by Gasteiger charge is -2.18. The van der Waals surface area contributed by atoms with Crippen LogP contribution in [-0.4, -0.2) is 10.8 Å². The molecule has 2 aromatic rings. The molecule has 3 rings (SSSR count). The molecule has 96 valence electrons. The molecular weight excluding hydrogens is 236 g/mol. The molecule has 0 amide bonds. The molecule has 1 aliphatic rings. The van der Waals surface area contributed by atoms with Gasteiger partial charge in [-0.15, -0.1) is 0 Å². The fraction of sp³-hybridized carbons (Fsp3) is 0.200. The summed E-state index contributed by atoms with van der Waals surface area (Å²) < 4.78 is 0. The third kappa shape index (κ3) is 2.17. The Morgan fingerprint density at radius 3 is 2.42 bits per heavy atom. The summed E-state index contributed by atoms with van der Waals surface area (Å²) in [6, 6.07) is 12.2. The van der Waals surface area contributed by atoms with Crippen LogP contribution in [0.5, 0.6) is 0 Å². The van der Waals surface area contributed by atoms with Crippen LogP contribution in [0.3, 0.4) is 0 Å². The largest absolute Gasteiger partial charge is 0.384 e. The minimum atomic E-state index is 0.0865. The van der Waals surface area contributed by atoms with Crippen molar-refractivity contribution in [3.8, 4) is 0 Å². The van der Waals surface area contributed by atoms with Gasteiger partial charge in [-0.2, -0.15) is 0 Å². The lowest BCUT2D eigenvalue weighted by Crippen LogP contribution is -2.18. The molecule has 1 aromatic carbocycles. The molecule has 2 heterocycles. The highest BCUT2D eigenvalue weighted by Gasteiger charge is 2.20. The van der Waals surface area contributed by atoms with Gasteiger partial charge < -0.3 is 10.6 Å². The number of rotatable bonds is 2. The second-order valence-corrected chi connectivity index (χ2v) is 4.89. The van der Waals surface area contributed by atoms with Crippen LogP contribution < -0.4 is 10.6 Å². The molecule has 1 aromatic heterocycles. The summed E-state index contributed by atoms with van der Waals surface area (Å²) in [4.78, 5) is 6.77. The maximum atomic E-state index is 7.56. The van der Waals surface area contributed by atoms with Gasteiger partial charge in [0.05, 0.1) is 0 Å². The first-order valence-electron chi connectivity index (χ1n) is 6.28. The van der Waals surface area contributed by atoms with Crippen molar-refractivity contribution in [2.75, 3.05) is 4.90 Å². The maximum absolute atomic E-state index is 7.56. The van der Waals surface area contributed by atoms with Gasteiger partial charge in [0, 0.05) is 24.3 Å². The number of nitrogens with zero attached hydrogens (tertiary/aromatic N) is 2. The van der Waals surface area contributed by atoms with E-state index < -0.39 is 0 Å². The lowest BCUT2D eigenvalue weighted by molar-refractivity contribution is 0.852. The molecule has 4 heteroatoms. The summed E-state index contributed by atoms with van der Waals surface area (Å²) in [5, 5.41) is 7.56. The van der Waals surface area contributed by atoms with Crippen LogP contribution in [0, 0.1) is 12.3 Å². The molecule has 1 aliphatic heterocycles. The van der Waals surface area contributed by atoms with Crippen molar-refractivity contribution >= 4 is 11.7 Å². The first kappa shape index (κ1) is 11.7. The summed E-state index contributed by atoms with van der Waals surface area (Å²) in [5.41, 5.74) is 9.88. The van der Waals surface area contributed by atoms with Gasteiger partial charge in [0.2, 0.25) is 0 Å². The molecule has 3 N–H and O–H groups in total. The van der Waals surface area contributed by atoms with E-state index in [9.17, 15) is 0 Å². The normalized spacial score (nSPS) is 13.4. The van der Waals surface area contributed by atoms with Gasteiger partial charge in [0.25, 0.3) is 0 Å². The Labute approximate surface area is 112 Å². The average Bonchev–Trinajstić information content (AvgIpc) is 2.81. The fourth-order valence-corrected chi connectivity index (χ4v) is 2.46. The Morgan fingerprint density at radius 2 is 1.84 bits per heavy atom. The first-order chi connectivity index (χ1) is 9.13. The zero-order chi connectivity index (χ0) is 13.4.